The molecule has 0 aromatic heterocycles. The van der Waals surface area contributed by atoms with E-state index in [-0.39, 0.29) is 9.46 Å². The first-order valence-electron chi connectivity index (χ1n) is 10.7. The van der Waals surface area contributed by atoms with Crippen molar-refractivity contribution < 1.29 is 4.74 Å². The van der Waals surface area contributed by atoms with E-state index in [4.69, 9.17) is 4.74 Å². The highest BCUT2D eigenvalue weighted by Gasteiger charge is 2.40. The largest absolute Gasteiger partial charge is 0.365 e. The van der Waals surface area contributed by atoms with E-state index in [0.717, 1.165) is 13.0 Å². The van der Waals surface area contributed by atoms with Crippen LogP contribution in [-0.4, -0.2) is 30.5 Å². The van der Waals surface area contributed by atoms with Crippen LogP contribution in [0.15, 0.2) is 84.1 Å². The molecule has 0 fully saturated rings. The molecule has 1 aliphatic heterocycles. The lowest BCUT2D eigenvalue weighted by Gasteiger charge is -2.35. The van der Waals surface area contributed by atoms with Crippen molar-refractivity contribution in [2.24, 2.45) is 0 Å². The van der Waals surface area contributed by atoms with Crippen molar-refractivity contribution in [1.29, 1.82) is 0 Å². The van der Waals surface area contributed by atoms with Gasteiger partial charge < -0.3 is 10.2 Å². The first kappa shape index (κ1) is 21.8. The third-order valence-electron chi connectivity index (χ3n) is 5.96. The zero-order valence-electron chi connectivity index (χ0n) is 18.1. The van der Waals surface area contributed by atoms with Gasteiger partial charge >= 0.3 is 0 Å². The van der Waals surface area contributed by atoms with E-state index in [2.05, 4.69) is 125 Å². The van der Waals surface area contributed by atoms with Gasteiger partial charge in [-0.2, -0.15) is 5.01 Å². The number of allylic oxidation sites excluding steroid dienone is 2. The number of hydrazine groups is 1. The topological polar surface area (TPSA) is 24.5 Å². The Balaban J connectivity index is 1.53. The van der Waals surface area contributed by atoms with Gasteiger partial charge in [0.25, 0.3) is 0 Å². The Bertz CT molecular complexity index is 882. The predicted octanol–water partition coefficient (Wildman–Crippen LogP) is 6.08. The molecule has 2 aromatic carbocycles. The van der Waals surface area contributed by atoms with Crippen molar-refractivity contribution in [3.63, 3.8) is 0 Å². The van der Waals surface area contributed by atoms with Crippen LogP contribution >= 0.6 is 22.6 Å². The van der Waals surface area contributed by atoms with E-state index < -0.39 is 8.07 Å². The summed E-state index contributed by atoms with van der Waals surface area (Å²) >= 11 is 2.52. The summed E-state index contributed by atoms with van der Waals surface area (Å²) in [7, 11) is -1.06. The molecule has 0 amide bonds. The minimum absolute atomic E-state index is 0.153. The lowest BCUT2D eigenvalue weighted by molar-refractivity contribution is 0.0215. The standard InChI is InChI=1S/C25H31IN2OSi/c1-30(2,3)17-16-29-19-28-24(26)22-14-15-25(18-23(22)27-28,20-10-6-4-7-11-20)21-12-8-5-9-13-21/h4-15,24,27H,16-19H2,1-3H3. The number of nitrogens with zero attached hydrogens (tertiary/aromatic N) is 1. The zero-order chi connectivity index (χ0) is 21.2. The number of benzene rings is 2. The summed E-state index contributed by atoms with van der Waals surface area (Å²) in [6.07, 6.45) is 5.65. The van der Waals surface area contributed by atoms with E-state index in [9.17, 15) is 0 Å². The van der Waals surface area contributed by atoms with Crippen LogP contribution in [0, 0.1) is 0 Å². The number of alkyl halides is 1. The number of hydrogen-bond acceptors (Lipinski definition) is 3. The minimum atomic E-state index is -1.06. The highest BCUT2D eigenvalue weighted by Crippen LogP contribution is 2.45. The van der Waals surface area contributed by atoms with Gasteiger partial charge in [-0.05, 0) is 17.2 Å². The normalized spacial score (nSPS) is 20.9. The molecule has 2 aromatic rings. The molecule has 2 aliphatic rings. The summed E-state index contributed by atoms with van der Waals surface area (Å²) in [6.45, 7) is 8.63. The maximum absolute atomic E-state index is 6.03. The first-order chi connectivity index (χ1) is 14.4. The van der Waals surface area contributed by atoms with Gasteiger partial charge in [0.1, 0.15) is 10.8 Å². The monoisotopic (exact) mass is 530 g/mol. The van der Waals surface area contributed by atoms with Crippen molar-refractivity contribution in [3.8, 4) is 0 Å². The summed E-state index contributed by atoms with van der Waals surface area (Å²) in [6, 6.07) is 22.9. The average molecular weight is 531 g/mol. The Labute approximate surface area is 195 Å². The third-order valence-corrected chi connectivity index (χ3v) is 9.01. The molecule has 0 saturated carbocycles. The molecule has 0 bridgehead atoms. The quantitative estimate of drug-likeness (QED) is 0.154. The molecular formula is C25H31IN2OSi. The molecule has 1 atom stereocenters. The molecule has 4 rings (SSSR count). The fourth-order valence-electron chi connectivity index (χ4n) is 4.17. The van der Waals surface area contributed by atoms with E-state index in [1.54, 1.807) is 0 Å². The molecule has 1 heterocycles. The van der Waals surface area contributed by atoms with Crippen molar-refractivity contribution in [3.05, 3.63) is 95.2 Å². The Morgan fingerprint density at radius 1 is 1.03 bits per heavy atom. The van der Waals surface area contributed by atoms with Crippen LogP contribution in [-0.2, 0) is 10.2 Å². The zero-order valence-corrected chi connectivity index (χ0v) is 21.2. The second-order valence-electron chi connectivity index (χ2n) is 9.41. The molecule has 5 heteroatoms. The van der Waals surface area contributed by atoms with Gasteiger partial charge in [0.2, 0.25) is 0 Å². The second-order valence-corrected chi connectivity index (χ2v) is 16.2. The van der Waals surface area contributed by atoms with Crippen LogP contribution < -0.4 is 5.43 Å². The van der Waals surface area contributed by atoms with E-state index in [1.165, 1.54) is 28.4 Å². The van der Waals surface area contributed by atoms with Gasteiger partial charge in [0.15, 0.2) is 0 Å². The van der Waals surface area contributed by atoms with E-state index >= 15 is 0 Å². The summed E-state index contributed by atoms with van der Waals surface area (Å²) < 4.78 is 6.32. The fraction of sp³-hybridized carbons (Fsp3) is 0.360. The summed E-state index contributed by atoms with van der Waals surface area (Å²) in [5.41, 5.74) is 8.85. The Morgan fingerprint density at radius 3 is 2.20 bits per heavy atom. The van der Waals surface area contributed by atoms with Crippen LogP contribution in [0.25, 0.3) is 0 Å². The van der Waals surface area contributed by atoms with E-state index in [1.807, 2.05) is 0 Å². The van der Waals surface area contributed by atoms with E-state index in [0.29, 0.717) is 6.73 Å². The highest BCUT2D eigenvalue weighted by atomic mass is 127. The molecule has 1 aliphatic carbocycles. The predicted molar refractivity (Wildman–Crippen MR) is 136 cm³/mol. The van der Waals surface area contributed by atoms with Gasteiger partial charge in [-0.15, -0.1) is 0 Å². The van der Waals surface area contributed by atoms with Gasteiger partial charge in [-0.3, -0.25) is 0 Å². The van der Waals surface area contributed by atoms with Crippen molar-refractivity contribution in [2.45, 2.75) is 41.6 Å². The number of rotatable bonds is 7. The number of nitrogens with one attached hydrogen (secondary N) is 1. The average Bonchev–Trinajstić information content (AvgIpc) is 3.06. The van der Waals surface area contributed by atoms with Crippen molar-refractivity contribution in [2.75, 3.05) is 13.3 Å². The number of halogens is 1. The van der Waals surface area contributed by atoms with Gasteiger partial charge in [-0.25, -0.2) is 0 Å². The first-order valence-corrected chi connectivity index (χ1v) is 15.6. The molecule has 158 valence electrons. The molecule has 0 radical (unpaired) electrons. The molecular weight excluding hydrogens is 499 g/mol. The summed E-state index contributed by atoms with van der Waals surface area (Å²) in [4.78, 5) is 0. The van der Waals surface area contributed by atoms with Crippen molar-refractivity contribution in [1.82, 2.24) is 10.4 Å². The van der Waals surface area contributed by atoms with Gasteiger partial charge in [0.05, 0.1) is 0 Å². The highest BCUT2D eigenvalue weighted by molar-refractivity contribution is 14.1. The lowest BCUT2D eigenvalue weighted by atomic mass is 9.69. The smallest absolute Gasteiger partial charge is 0.118 e. The Hall–Kier alpha value is -1.41. The van der Waals surface area contributed by atoms with Crippen LogP contribution in [0.3, 0.4) is 0 Å². The van der Waals surface area contributed by atoms with Crippen LogP contribution in [0.1, 0.15) is 17.5 Å². The van der Waals surface area contributed by atoms with Crippen LogP contribution in [0.5, 0.6) is 0 Å². The fourth-order valence-corrected chi connectivity index (χ4v) is 5.81. The summed E-state index contributed by atoms with van der Waals surface area (Å²) in [5, 5.41) is 2.23. The second kappa shape index (κ2) is 8.98. The maximum Gasteiger partial charge on any atom is 0.118 e. The van der Waals surface area contributed by atoms with Gasteiger partial charge in [-0.1, -0.05) is 115 Å². The molecule has 1 N–H and O–H groups in total. The van der Waals surface area contributed by atoms with Crippen molar-refractivity contribution >= 4 is 30.7 Å². The minimum Gasteiger partial charge on any atom is -0.365 e. The van der Waals surface area contributed by atoms with Gasteiger partial charge in [0, 0.05) is 37.8 Å². The summed E-state index contributed by atoms with van der Waals surface area (Å²) in [5.74, 6) is 0. The Morgan fingerprint density at radius 2 is 1.63 bits per heavy atom. The number of ether oxygens (including phenoxy) is 1. The molecule has 1 unspecified atom stereocenters. The SMILES string of the molecule is C[Si](C)(C)CCOCN1NC2=C(C=CC(c3ccccc3)(c3ccccc3)C2)C1I. The Kier molecular flexibility index (Phi) is 6.53. The molecule has 0 saturated heterocycles. The lowest BCUT2D eigenvalue weighted by Crippen LogP contribution is -2.39. The number of hydrogen-bond donors (Lipinski definition) is 1. The molecule has 3 nitrogen and oxygen atoms in total. The maximum atomic E-state index is 6.03. The van der Waals surface area contributed by atoms with Crippen LogP contribution in [0.2, 0.25) is 25.7 Å². The third kappa shape index (κ3) is 4.59. The molecule has 0 spiro atoms. The van der Waals surface area contributed by atoms with Crippen LogP contribution in [0.4, 0.5) is 0 Å². The molecule has 30 heavy (non-hydrogen) atoms.